The molecule has 32 heavy (non-hydrogen) atoms. The second-order valence-electron chi connectivity index (χ2n) is 7.26. The molecule has 1 amide bonds. The van der Waals surface area contributed by atoms with Gasteiger partial charge in [0.25, 0.3) is 0 Å². The molecule has 5 nitrogen and oxygen atoms in total. The number of aromatic nitrogens is 3. The van der Waals surface area contributed by atoms with Crippen molar-refractivity contribution in [1.82, 2.24) is 20.1 Å². The van der Waals surface area contributed by atoms with Gasteiger partial charge in [-0.05, 0) is 37.3 Å². The quantitative estimate of drug-likeness (QED) is 0.298. The average Bonchev–Trinajstić information content (AvgIpc) is 3.24. The molecule has 1 aromatic heterocycles. The summed E-state index contributed by atoms with van der Waals surface area (Å²) >= 11 is 1.70. The smallest absolute Gasteiger partial charge is 0.207 e. The number of nitrogens with zero attached hydrogens (tertiary/aromatic N) is 3. The molecule has 6 heteroatoms. The molecule has 0 bridgehead atoms. The summed E-state index contributed by atoms with van der Waals surface area (Å²) < 4.78 is 2.12. The minimum Gasteiger partial charge on any atom is -0.355 e. The van der Waals surface area contributed by atoms with Crippen molar-refractivity contribution in [2.75, 3.05) is 5.75 Å². The number of amides is 1. The van der Waals surface area contributed by atoms with Crippen molar-refractivity contribution in [3.8, 4) is 17.1 Å². The summed E-state index contributed by atoms with van der Waals surface area (Å²) in [7, 11) is 0. The number of benzene rings is 3. The van der Waals surface area contributed by atoms with Crippen LogP contribution >= 0.6 is 11.8 Å². The van der Waals surface area contributed by atoms with Crippen molar-refractivity contribution in [3.05, 3.63) is 95.6 Å². The monoisotopic (exact) mass is 444 g/mol. The van der Waals surface area contributed by atoms with Crippen LogP contribution in [0.15, 0.2) is 84.0 Å². The van der Waals surface area contributed by atoms with Gasteiger partial charge in [0.2, 0.25) is 6.41 Å². The van der Waals surface area contributed by atoms with Crippen LogP contribution in [0.5, 0.6) is 0 Å². The maximum absolute atomic E-state index is 9.93. The minimum atomic E-state index is 0.615. The Morgan fingerprint density at radius 2 is 1.50 bits per heavy atom. The van der Waals surface area contributed by atoms with Crippen LogP contribution in [0.2, 0.25) is 0 Å². The van der Waals surface area contributed by atoms with Crippen molar-refractivity contribution in [2.24, 2.45) is 0 Å². The van der Waals surface area contributed by atoms with Crippen LogP contribution in [0.25, 0.3) is 17.1 Å². The van der Waals surface area contributed by atoms with E-state index in [9.17, 15) is 4.79 Å². The van der Waals surface area contributed by atoms with Gasteiger partial charge in [-0.1, -0.05) is 96.5 Å². The average molecular weight is 445 g/mol. The van der Waals surface area contributed by atoms with Gasteiger partial charge in [-0.25, -0.2) is 0 Å². The number of para-hydroxylation sites is 1. The third-order valence-electron chi connectivity index (χ3n) is 4.74. The highest BCUT2D eigenvalue weighted by Gasteiger charge is 2.15. The van der Waals surface area contributed by atoms with Crippen LogP contribution in [0.1, 0.15) is 23.6 Å². The summed E-state index contributed by atoms with van der Waals surface area (Å²) in [4.78, 5) is 9.93. The van der Waals surface area contributed by atoms with Crippen LogP contribution in [0.4, 0.5) is 0 Å². The summed E-state index contributed by atoms with van der Waals surface area (Å²) in [6.07, 6.45) is 0.708. The Morgan fingerprint density at radius 3 is 2.09 bits per heavy atom. The molecule has 0 unspecified atom stereocenters. The maximum atomic E-state index is 9.93. The molecule has 0 fully saturated rings. The SMILES string of the molecule is CCSc1nnc(-c2ccc(C)cc2)n1-c1ccccc1.Cc1ccc(CNC=O)cc1. The van der Waals surface area contributed by atoms with Crippen LogP contribution in [0.3, 0.4) is 0 Å². The molecule has 0 atom stereocenters. The minimum absolute atomic E-state index is 0.615. The number of hydrogen-bond donors (Lipinski definition) is 1. The fourth-order valence-corrected chi connectivity index (χ4v) is 3.74. The molecule has 0 radical (unpaired) electrons. The lowest BCUT2D eigenvalue weighted by Gasteiger charge is -2.09. The molecular formula is C26H28N4OS. The van der Waals surface area contributed by atoms with Crippen molar-refractivity contribution in [1.29, 1.82) is 0 Å². The normalized spacial score (nSPS) is 10.2. The topological polar surface area (TPSA) is 59.8 Å². The van der Waals surface area contributed by atoms with E-state index in [-0.39, 0.29) is 0 Å². The van der Waals surface area contributed by atoms with Gasteiger partial charge < -0.3 is 5.32 Å². The van der Waals surface area contributed by atoms with Gasteiger partial charge in [0, 0.05) is 17.8 Å². The number of nitrogens with one attached hydrogen (secondary N) is 1. The van der Waals surface area contributed by atoms with Gasteiger partial charge in [0.15, 0.2) is 11.0 Å². The van der Waals surface area contributed by atoms with Gasteiger partial charge >= 0.3 is 0 Å². The standard InChI is InChI=1S/C17H17N3S.C9H11NO/c1-3-21-17-19-18-16(14-11-9-13(2)10-12-14)20(17)15-7-5-4-6-8-15;1-8-2-4-9(5-3-8)6-10-7-11/h4-12H,3H2,1-2H3;2-5,7H,6H2,1H3,(H,10,11). The Morgan fingerprint density at radius 1 is 0.875 bits per heavy atom. The van der Waals surface area contributed by atoms with E-state index in [1.807, 2.05) is 49.4 Å². The van der Waals surface area contributed by atoms with Gasteiger partial charge in [0.1, 0.15) is 0 Å². The molecule has 0 spiro atoms. The summed E-state index contributed by atoms with van der Waals surface area (Å²) in [5.74, 6) is 1.86. The Labute approximate surface area is 193 Å². The van der Waals surface area contributed by atoms with Gasteiger partial charge in [-0.2, -0.15) is 0 Å². The highest BCUT2D eigenvalue weighted by atomic mass is 32.2. The van der Waals surface area contributed by atoms with Crippen molar-refractivity contribution in [2.45, 2.75) is 32.5 Å². The molecule has 3 aromatic carbocycles. The molecule has 4 rings (SSSR count). The molecule has 1 heterocycles. The molecule has 0 saturated carbocycles. The van der Waals surface area contributed by atoms with E-state index in [1.54, 1.807) is 11.8 Å². The fraction of sp³-hybridized carbons (Fsp3) is 0.192. The van der Waals surface area contributed by atoms with E-state index < -0.39 is 0 Å². The van der Waals surface area contributed by atoms with Crippen molar-refractivity contribution in [3.63, 3.8) is 0 Å². The number of aryl methyl sites for hydroxylation is 2. The Balaban J connectivity index is 0.000000222. The third-order valence-corrected chi connectivity index (χ3v) is 5.55. The zero-order chi connectivity index (χ0) is 22.8. The molecule has 0 aliphatic heterocycles. The number of rotatable bonds is 7. The molecular weight excluding hydrogens is 416 g/mol. The van der Waals surface area contributed by atoms with Crippen molar-refractivity contribution < 1.29 is 4.79 Å². The number of carbonyl (C=O) groups excluding carboxylic acids is 1. The lowest BCUT2D eigenvalue weighted by molar-refractivity contribution is -0.109. The van der Waals surface area contributed by atoms with E-state index in [2.05, 4.69) is 70.3 Å². The third kappa shape index (κ3) is 6.31. The summed E-state index contributed by atoms with van der Waals surface area (Å²) in [5, 5.41) is 12.3. The highest BCUT2D eigenvalue weighted by Crippen LogP contribution is 2.27. The Hall–Kier alpha value is -3.38. The summed E-state index contributed by atoms with van der Waals surface area (Å²) in [5.41, 5.74) is 5.78. The van der Waals surface area contributed by atoms with Crippen LogP contribution in [0, 0.1) is 13.8 Å². The second-order valence-corrected chi connectivity index (χ2v) is 8.49. The van der Waals surface area contributed by atoms with E-state index in [0.29, 0.717) is 13.0 Å². The first-order valence-electron chi connectivity index (χ1n) is 10.6. The Bertz CT molecular complexity index is 1110. The Kier molecular flexibility index (Phi) is 8.63. The first-order valence-corrected chi connectivity index (χ1v) is 11.5. The second kappa shape index (κ2) is 11.9. The molecule has 0 saturated heterocycles. The van der Waals surface area contributed by atoms with Gasteiger partial charge in [0.05, 0.1) is 0 Å². The van der Waals surface area contributed by atoms with Gasteiger partial charge in [-0.15, -0.1) is 10.2 Å². The van der Waals surface area contributed by atoms with Crippen LogP contribution in [-0.2, 0) is 11.3 Å². The van der Waals surface area contributed by atoms with Crippen LogP contribution in [-0.4, -0.2) is 26.9 Å². The lowest BCUT2D eigenvalue weighted by Crippen LogP contribution is -2.09. The predicted molar refractivity (Wildman–Crippen MR) is 132 cm³/mol. The predicted octanol–water partition coefficient (Wildman–Crippen LogP) is 5.60. The molecule has 0 aliphatic rings. The van der Waals surface area contributed by atoms with E-state index in [1.165, 1.54) is 11.1 Å². The molecule has 0 aliphatic carbocycles. The van der Waals surface area contributed by atoms with Gasteiger partial charge in [-0.3, -0.25) is 9.36 Å². The largest absolute Gasteiger partial charge is 0.355 e. The zero-order valence-corrected chi connectivity index (χ0v) is 19.5. The first kappa shape index (κ1) is 23.3. The zero-order valence-electron chi connectivity index (χ0n) is 18.7. The lowest BCUT2D eigenvalue weighted by atomic mass is 10.1. The summed E-state index contributed by atoms with van der Waals surface area (Å²) in [6, 6.07) is 26.7. The van der Waals surface area contributed by atoms with E-state index >= 15 is 0 Å². The fourth-order valence-electron chi connectivity index (χ4n) is 3.06. The first-order chi connectivity index (χ1) is 15.6. The summed E-state index contributed by atoms with van der Waals surface area (Å²) in [6.45, 7) is 6.87. The highest BCUT2D eigenvalue weighted by molar-refractivity contribution is 7.99. The van der Waals surface area contributed by atoms with Crippen molar-refractivity contribution >= 4 is 18.2 Å². The molecule has 164 valence electrons. The maximum Gasteiger partial charge on any atom is 0.207 e. The number of thioether (sulfide) groups is 1. The van der Waals surface area contributed by atoms with E-state index in [0.717, 1.165) is 33.5 Å². The molecule has 1 N–H and O–H groups in total. The van der Waals surface area contributed by atoms with Crippen LogP contribution < -0.4 is 5.32 Å². The molecule has 4 aromatic rings. The van der Waals surface area contributed by atoms with E-state index in [4.69, 9.17) is 0 Å². The number of hydrogen-bond acceptors (Lipinski definition) is 4. The number of carbonyl (C=O) groups is 1.